The summed E-state index contributed by atoms with van der Waals surface area (Å²) < 4.78 is 31.6. The molecular formula is C30H27Br2FN4O5S. The van der Waals surface area contributed by atoms with Crippen LogP contribution in [0.25, 0.3) is 0 Å². The summed E-state index contributed by atoms with van der Waals surface area (Å²) in [5, 5.41) is 10.4. The number of nitrogens with zero attached hydrogens (tertiary/aromatic N) is 1. The van der Waals surface area contributed by atoms with Gasteiger partial charge in [0, 0.05) is 11.3 Å². The molecule has 1 aliphatic rings. The first kappa shape index (κ1) is 32.1. The number of rotatable bonds is 11. The molecule has 0 spiro atoms. The van der Waals surface area contributed by atoms with Crippen molar-refractivity contribution in [3.05, 3.63) is 103 Å². The summed E-state index contributed by atoms with van der Waals surface area (Å²) in [5.41, 5.74) is 5.35. The molecule has 0 aliphatic carbocycles. The highest BCUT2D eigenvalue weighted by Crippen LogP contribution is 2.35. The molecule has 13 heteroatoms. The van der Waals surface area contributed by atoms with Crippen LogP contribution < -0.4 is 25.5 Å². The standard InChI is InChI=1S/C30H27Br2FN4O5S/c1-3-40-29(39)26-17(2)35-30(43)36-27(26)21-9-4-5-10-24(21)41-16-25(38)37-34-14-19-12-22(31)28(23(32)13-19)42-15-18-7-6-8-20(33)11-18/h4-14,27H,3,15-16H2,1-2H3,(H,37,38)(H2,35,36,43)/t27-/m1/s1. The van der Waals surface area contributed by atoms with Gasteiger partial charge in [-0.05, 0) is 99.4 Å². The maximum absolute atomic E-state index is 13.4. The highest BCUT2D eigenvalue weighted by atomic mass is 79.9. The second kappa shape index (κ2) is 15.1. The number of ether oxygens (including phenoxy) is 3. The molecule has 9 nitrogen and oxygen atoms in total. The smallest absolute Gasteiger partial charge is 0.338 e. The van der Waals surface area contributed by atoms with Crippen LogP contribution in [0.5, 0.6) is 11.5 Å². The lowest BCUT2D eigenvalue weighted by Gasteiger charge is -2.30. The molecule has 1 atom stereocenters. The van der Waals surface area contributed by atoms with E-state index in [-0.39, 0.29) is 25.6 Å². The van der Waals surface area contributed by atoms with Crippen molar-refractivity contribution in [3.8, 4) is 11.5 Å². The van der Waals surface area contributed by atoms with E-state index in [0.29, 0.717) is 53.5 Å². The first-order valence-electron chi connectivity index (χ1n) is 13.0. The zero-order valence-corrected chi connectivity index (χ0v) is 27.1. The van der Waals surface area contributed by atoms with Crippen LogP contribution in [0, 0.1) is 5.82 Å². The Bertz CT molecular complexity index is 1580. The maximum Gasteiger partial charge on any atom is 0.338 e. The van der Waals surface area contributed by atoms with E-state index in [4.69, 9.17) is 26.4 Å². The monoisotopic (exact) mass is 732 g/mol. The molecular weight excluding hydrogens is 707 g/mol. The summed E-state index contributed by atoms with van der Waals surface area (Å²) in [6, 6.07) is 16.1. The number of amides is 1. The number of benzene rings is 3. The minimum Gasteiger partial charge on any atom is -0.487 e. The topological polar surface area (TPSA) is 110 Å². The molecule has 0 fully saturated rings. The molecule has 0 bridgehead atoms. The number of para-hydroxylation sites is 1. The SMILES string of the molecule is CCOC(=O)C1=C(C)NC(=S)N[C@@H]1c1ccccc1OCC(=O)NN=Cc1cc(Br)c(OCc2cccc(F)c2)c(Br)c1. The molecule has 0 unspecified atom stereocenters. The Labute approximate surface area is 270 Å². The van der Waals surface area contributed by atoms with Crippen molar-refractivity contribution in [3.63, 3.8) is 0 Å². The lowest BCUT2D eigenvalue weighted by Crippen LogP contribution is -2.45. The average molecular weight is 734 g/mol. The molecule has 0 saturated carbocycles. The number of carbonyl (C=O) groups is 2. The van der Waals surface area contributed by atoms with E-state index in [1.54, 1.807) is 62.4 Å². The number of carbonyl (C=O) groups excluding carboxylic acids is 2. The molecule has 1 amide bonds. The number of halogens is 3. The summed E-state index contributed by atoms with van der Waals surface area (Å²) in [7, 11) is 0. The highest BCUT2D eigenvalue weighted by molar-refractivity contribution is 9.11. The highest BCUT2D eigenvalue weighted by Gasteiger charge is 2.32. The molecule has 3 aromatic rings. The van der Waals surface area contributed by atoms with Gasteiger partial charge >= 0.3 is 5.97 Å². The Morgan fingerprint density at radius 2 is 1.84 bits per heavy atom. The summed E-state index contributed by atoms with van der Waals surface area (Å²) >= 11 is 12.3. The quantitative estimate of drug-likeness (QED) is 0.0981. The van der Waals surface area contributed by atoms with Crippen molar-refractivity contribution < 1.29 is 28.2 Å². The lowest BCUT2D eigenvalue weighted by molar-refractivity contribution is -0.139. The zero-order chi connectivity index (χ0) is 30.9. The van der Waals surface area contributed by atoms with Gasteiger partial charge in [0.05, 0.1) is 33.4 Å². The summed E-state index contributed by atoms with van der Waals surface area (Å²) in [5.74, 6) is -0.386. The average Bonchev–Trinajstić information content (AvgIpc) is 2.95. The van der Waals surface area contributed by atoms with Crippen LogP contribution in [0.4, 0.5) is 4.39 Å². The fourth-order valence-corrected chi connectivity index (χ4v) is 5.91. The van der Waals surface area contributed by atoms with E-state index in [1.807, 2.05) is 0 Å². The van der Waals surface area contributed by atoms with Crippen LogP contribution in [0.3, 0.4) is 0 Å². The summed E-state index contributed by atoms with van der Waals surface area (Å²) in [6.45, 7) is 3.54. The van der Waals surface area contributed by atoms with E-state index in [0.717, 1.165) is 0 Å². The van der Waals surface area contributed by atoms with Crippen LogP contribution >= 0.6 is 44.1 Å². The van der Waals surface area contributed by atoms with E-state index in [9.17, 15) is 14.0 Å². The van der Waals surface area contributed by atoms with E-state index < -0.39 is 17.9 Å². The molecule has 1 heterocycles. The van der Waals surface area contributed by atoms with Gasteiger partial charge in [0.1, 0.15) is 23.9 Å². The van der Waals surface area contributed by atoms with Crippen molar-refractivity contribution in [2.75, 3.05) is 13.2 Å². The van der Waals surface area contributed by atoms with Gasteiger partial charge in [-0.1, -0.05) is 30.3 Å². The Morgan fingerprint density at radius 1 is 1.09 bits per heavy atom. The van der Waals surface area contributed by atoms with Crippen molar-refractivity contribution in [1.82, 2.24) is 16.1 Å². The van der Waals surface area contributed by atoms with Gasteiger partial charge < -0.3 is 24.8 Å². The number of hydrogen-bond donors (Lipinski definition) is 3. The lowest BCUT2D eigenvalue weighted by atomic mass is 9.95. The molecule has 3 N–H and O–H groups in total. The fourth-order valence-electron chi connectivity index (χ4n) is 4.19. The Hall–Kier alpha value is -3.81. The zero-order valence-electron chi connectivity index (χ0n) is 23.1. The van der Waals surface area contributed by atoms with Gasteiger partial charge in [-0.25, -0.2) is 14.6 Å². The normalized spacial score (nSPS) is 14.6. The first-order chi connectivity index (χ1) is 20.7. The molecule has 224 valence electrons. The van der Waals surface area contributed by atoms with Gasteiger partial charge in [-0.3, -0.25) is 4.79 Å². The third kappa shape index (κ3) is 8.62. The molecule has 0 radical (unpaired) electrons. The number of nitrogens with one attached hydrogen (secondary N) is 3. The predicted molar refractivity (Wildman–Crippen MR) is 171 cm³/mol. The molecule has 0 aromatic heterocycles. The van der Waals surface area contributed by atoms with E-state index >= 15 is 0 Å². The number of thiocarbonyl (C=S) groups is 1. The minimum absolute atomic E-state index is 0.183. The second-order valence-electron chi connectivity index (χ2n) is 9.14. The molecule has 1 aliphatic heterocycles. The Kier molecular flexibility index (Phi) is 11.3. The van der Waals surface area contributed by atoms with Crippen LogP contribution in [0.1, 0.15) is 36.6 Å². The van der Waals surface area contributed by atoms with Gasteiger partial charge in [0.15, 0.2) is 11.7 Å². The van der Waals surface area contributed by atoms with Crippen molar-refractivity contribution in [1.29, 1.82) is 0 Å². The number of hydrazone groups is 1. The molecule has 43 heavy (non-hydrogen) atoms. The summed E-state index contributed by atoms with van der Waals surface area (Å²) in [6.07, 6.45) is 1.47. The second-order valence-corrected chi connectivity index (χ2v) is 11.3. The minimum atomic E-state index is -0.636. The van der Waals surface area contributed by atoms with Gasteiger partial charge in [0.25, 0.3) is 5.91 Å². The first-order valence-corrected chi connectivity index (χ1v) is 15.0. The molecule has 3 aromatic carbocycles. The van der Waals surface area contributed by atoms with Crippen molar-refractivity contribution in [2.24, 2.45) is 5.10 Å². The van der Waals surface area contributed by atoms with Crippen LogP contribution in [0.15, 0.2) is 86.0 Å². The number of allylic oxidation sites excluding steroid dienone is 1. The molecule has 0 saturated heterocycles. The number of hydrogen-bond acceptors (Lipinski definition) is 7. The van der Waals surface area contributed by atoms with Gasteiger partial charge in [0.2, 0.25) is 0 Å². The van der Waals surface area contributed by atoms with Crippen LogP contribution in [0.2, 0.25) is 0 Å². The van der Waals surface area contributed by atoms with E-state index in [2.05, 4.69) is 53.0 Å². The van der Waals surface area contributed by atoms with Gasteiger partial charge in [-0.15, -0.1) is 0 Å². The Morgan fingerprint density at radius 3 is 2.56 bits per heavy atom. The third-order valence-electron chi connectivity index (χ3n) is 6.05. The third-order valence-corrected chi connectivity index (χ3v) is 7.45. The Balaban J connectivity index is 1.38. The van der Waals surface area contributed by atoms with E-state index in [1.165, 1.54) is 18.3 Å². The number of esters is 1. The summed E-state index contributed by atoms with van der Waals surface area (Å²) in [4.78, 5) is 25.3. The van der Waals surface area contributed by atoms with Crippen LogP contribution in [-0.2, 0) is 20.9 Å². The van der Waals surface area contributed by atoms with Gasteiger partial charge in [-0.2, -0.15) is 5.10 Å². The largest absolute Gasteiger partial charge is 0.487 e. The van der Waals surface area contributed by atoms with Crippen molar-refractivity contribution >= 4 is 67.3 Å². The fraction of sp³-hybridized carbons (Fsp3) is 0.200. The van der Waals surface area contributed by atoms with Crippen LogP contribution in [-0.4, -0.2) is 36.4 Å². The molecule has 4 rings (SSSR count). The predicted octanol–water partition coefficient (Wildman–Crippen LogP) is 5.81. The van der Waals surface area contributed by atoms with Crippen molar-refractivity contribution in [2.45, 2.75) is 26.5 Å². The maximum atomic E-state index is 13.4.